The smallest absolute Gasteiger partial charge is 0.335 e. The van der Waals surface area contributed by atoms with Gasteiger partial charge in [0.2, 0.25) is 11.7 Å². The summed E-state index contributed by atoms with van der Waals surface area (Å²) in [5.74, 6) is -4.72. The van der Waals surface area contributed by atoms with Crippen molar-refractivity contribution in [3.63, 3.8) is 0 Å². The van der Waals surface area contributed by atoms with Gasteiger partial charge in [0.15, 0.2) is 0 Å². The second-order valence-electron chi connectivity index (χ2n) is 4.97. The normalized spacial score (nSPS) is 28.8. The molecule has 1 aromatic rings. The summed E-state index contributed by atoms with van der Waals surface area (Å²) in [5.41, 5.74) is -2.30. The maximum Gasteiger partial charge on any atom is 0.335 e. The molecule has 2 bridgehead atoms. The Morgan fingerprint density at radius 2 is 1.91 bits per heavy atom. The van der Waals surface area contributed by atoms with Gasteiger partial charge in [0, 0.05) is 0 Å². The molecular formula is C13H11FN2O6. The third-order valence-electron chi connectivity index (χ3n) is 3.79. The van der Waals surface area contributed by atoms with Crippen molar-refractivity contribution in [1.82, 2.24) is 9.55 Å². The van der Waals surface area contributed by atoms with Crippen LogP contribution < -0.4 is 11.2 Å². The molecule has 3 heterocycles. The Labute approximate surface area is 122 Å². The van der Waals surface area contributed by atoms with Gasteiger partial charge in [-0.15, -0.1) is 0 Å². The second kappa shape index (κ2) is 5.02. The minimum absolute atomic E-state index is 0.440. The first kappa shape index (κ1) is 14.4. The number of methoxy groups -OCH3 is 1. The number of carbonyl (C=O) groups excluding carboxylic acids is 2. The van der Waals surface area contributed by atoms with Crippen molar-refractivity contribution in [2.45, 2.75) is 12.2 Å². The summed E-state index contributed by atoms with van der Waals surface area (Å²) < 4.78 is 23.9. The van der Waals surface area contributed by atoms with E-state index in [0.29, 0.717) is 10.8 Å². The van der Waals surface area contributed by atoms with Gasteiger partial charge in [-0.1, -0.05) is 12.2 Å². The maximum absolute atomic E-state index is 13.3. The Morgan fingerprint density at radius 3 is 2.55 bits per heavy atom. The van der Waals surface area contributed by atoms with E-state index in [4.69, 9.17) is 4.74 Å². The fraction of sp³-hybridized carbons (Fsp3) is 0.385. The van der Waals surface area contributed by atoms with Crippen molar-refractivity contribution in [2.24, 2.45) is 11.8 Å². The van der Waals surface area contributed by atoms with Crippen LogP contribution in [0.5, 0.6) is 0 Å². The molecule has 0 radical (unpaired) electrons. The van der Waals surface area contributed by atoms with Crippen molar-refractivity contribution >= 4 is 11.9 Å². The molecule has 0 unspecified atom stereocenters. The highest BCUT2D eigenvalue weighted by atomic mass is 19.1. The van der Waals surface area contributed by atoms with Gasteiger partial charge in [0.1, 0.15) is 5.92 Å². The highest BCUT2D eigenvalue weighted by molar-refractivity contribution is 5.89. The number of H-pyrrole nitrogens is 1. The summed E-state index contributed by atoms with van der Waals surface area (Å²) in [7, 11) is 1.17. The number of esters is 1. The Morgan fingerprint density at radius 1 is 1.27 bits per heavy atom. The number of rotatable bonds is 2. The van der Waals surface area contributed by atoms with Crippen LogP contribution in [0.25, 0.3) is 0 Å². The molecule has 22 heavy (non-hydrogen) atoms. The molecular weight excluding hydrogens is 299 g/mol. The van der Waals surface area contributed by atoms with E-state index in [1.807, 2.05) is 0 Å². The van der Waals surface area contributed by atoms with E-state index in [1.54, 1.807) is 17.1 Å². The Kier molecular flexibility index (Phi) is 3.28. The second-order valence-corrected chi connectivity index (χ2v) is 4.97. The van der Waals surface area contributed by atoms with Gasteiger partial charge >= 0.3 is 11.7 Å². The fourth-order valence-corrected chi connectivity index (χ4v) is 2.79. The predicted molar refractivity (Wildman–Crippen MR) is 68.7 cm³/mol. The first-order chi connectivity index (χ1) is 10.4. The predicted octanol–water partition coefficient (Wildman–Crippen LogP) is -0.942. The number of aromatic amines is 1. The minimum atomic E-state index is -1.28. The molecule has 2 aliphatic heterocycles. The van der Waals surface area contributed by atoms with Gasteiger partial charge in [0.05, 0.1) is 31.4 Å². The molecule has 116 valence electrons. The quantitative estimate of drug-likeness (QED) is 0.558. The molecule has 3 rings (SSSR count). The molecule has 2 aliphatic rings. The average Bonchev–Trinajstić information content (AvgIpc) is 3.10. The highest BCUT2D eigenvalue weighted by Crippen LogP contribution is 2.40. The lowest BCUT2D eigenvalue weighted by atomic mass is 9.82. The molecule has 0 aromatic carbocycles. The van der Waals surface area contributed by atoms with Crippen molar-refractivity contribution < 1.29 is 23.5 Å². The minimum Gasteiger partial charge on any atom is -0.469 e. The van der Waals surface area contributed by atoms with Crippen molar-refractivity contribution in [3.05, 3.63) is 45.0 Å². The lowest BCUT2D eigenvalue weighted by Crippen LogP contribution is -2.44. The number of carbonyl (C=O) groups is 2. The van der Waals surface area contributed by atoms with Gasteiger partial charge < -0.3 is 9.47 Å². The van der Waals surface area contributed by atoms with Crippen LogP contribution in [0.15, 0.2) is 27.9 Å². The largest absolute Gasteiger partial charge is 0.469 e. The monoisotopic (exact) mass is 310 g/mol. The van der Waals surface area contributed by atoms with Crippen molar-refractivity contribution in [1.29, 1.82) is 0 Å². The van der Waals surface area contributed by atoms with Gasteiger partial charge in [-0.05, 0) is 0 Å². The van der Waals surface area contributed by atoms with Crippen LogP contribution in [0.3, 0.4) is 0 Å². The fourth-order valence-electron chi connectivity index (χ4n) is 2.79. The number of nitrogens with zero attached hydrogens (tertiary/aromatic N) is 1. The first-order valence-electron chi connectivity index (χ1n) is 6.41. The van der Waals surface area contributed by atoms with E-state index in [9.17, 15) is 23.6 Å². The number of ether oxygens (including phenoxy) is 2. The standard InChI is InChI=1S/C13H11FN2O6/c1-21-12(19)9-7-3-2-6(22-7)8(9)11(18)16-4-5(14)10(17)15-13(16)20/h2-4,6-9H,1H3,(H,15,17,20)/t6-,7+,8-,9+/m0/s1. The molecule has 8 nitrogen and oxygen atoms in total. The average molecular weight is 310 g/mol. The molecule has 0 saturated carbocycles. The summed E-state index contributed by atoms with van der Waals surface area (Å²) in [6.07, 6.45) is 2.40. The lowest BCUT2D eigenvalue weighted by molar-refractivity contribution is -0.147. The molecule has 1 fully saturated rings. The molecule has 0 amide bonds. The summed E-state index contributed by atoms with van der Waals surface area (Å²) in [6.45, 7) is 0. The van der Waals surface area contributed by atoms with Crippen LogP contribution >= 0.6 is 0 Å². The van der Waals surface area contributed by atoms with Crippen molar-refractivity contribution in [3.8, 4) is 0 Å². The van der Waals surface area contributed by atoms with Crippen LogP contribution in [-0.4, -0.2) is 40.7 Å². The summed E-state index contributed by atoms with van der Waals surface area (Å²) in [6, 6.07) is 0. The summed E-state index contributed by atoms with van der Waals surface area (Å²) in [5, 5.41) is 0. The molecule has 9 heteroatoms. The van der Waals surface area contributed by atoms with Gasteiger partial charge in [-0.2, -0.15) is 4.39 Å². The molecule has 0 spiro atoms. The molecule has 4 atom stereocenters. The van der Waals surface area contributed by atoms with Crippen molar-refractivity contribution in [2.75, 3.05) is 7.11 Å². The zero-order valence-electron chi connectivity index (χ0n) is 11.3. The van der Waals surface area contributed by atoms with E-state index < -0.39 is 53.0 Å². The number of hydrogen-bond donors (Lipinski definition) is 1. The Bertz CT molecular complexity index is 794. The van der Waals surface area contributed by atoms with Gasteiger partial charge in [0.25, 0.3) is 5.56 Å². The van der Waals surface area contributed by atoms with E-state index in [1.165, 1.54) is 7.11 Å². The SMILES string of the molecule is COC(=O)[C@H]1[C@@H](C(=O)n2cc(F)c(=O)[nH]c2=O)[C@@H]2C=C[C@H]1O2. The van der Waals surface area contributed by atoms with Crippen LogP contribution in [0.1, 0.15) is 4.79 Å². The third-order valence-corrected chi connectivity index (χ3v) is 3.79. The van der Waals surface area contributed by atoms with E-state index in [-0.39, 0.29) is 0 Å². The Balaban J connectivity index is 2.03. The van der Waals surface area contributed by atoms with E-state index >= 15 is 0 Å². The van der Waals surface area contributed by atoms with E-state index in [2.05, 4.69) is 4.74 Å². The number of hydrogen-bond acceptors (Lipinski definition) is 6. The van der Waals surface area contributed by atoms with Crippen LogP contribution in [-0.2, 0) is 14.3 Å². The van der Waals surface area contributed by atoms with E-state index in [0.717, 1.165) is 0 Å². The molecule has 1 aromatic heterocycles. The first-order valence-corrected chi connectivity index (χ1v) is 6.41. The van der Waals surface area contributed by atoms with Crippen LogP contribution in [0.4, 0.5) is 4.39 Å². The van der Waals surface area contributed by atoms with Gasteiger partial charge in [-0.25, -0.2) is 9.36 Å². The Hall–Kier alpha value is -2.55. The summed E-state index contributed by atoms with van der Waals surface area (Å²) in [4.78, 5) is 48.8. The topological polar surface area (TPSA) is 107 Å². The number of nitrogens with one attached hydrogen (secondary N) is 1. The third kappa shape index (κ3) is 2.01. The maximum atomic E-state index is 13.3. The number of fused-ring (bicyclic) bond motifs is 2. The molecule has 0 aliphatic carbocycles. The van der Waals surface area contributed by atoms with Crippen LogP contribution in [0, 0.1) is 17.7 Å². The van der Waals surface area contributed by atoms with Crippen LogP contribution in [0.2, 0.25) is 0 Å². The molecule has 1 N–H and O–H groups in total. The summed E-state index contributed by atoms with van der Waals surface area (Å²) >= 11 is 0. The zero-order chi connectivity index (χ0) is 16.0. The number of aromatic nitrogens is 2. The number of halogens is 1. The molecule has 1 saturated heterocycles. The highest BCUT2D eigenvalue weighted by Gasteiger charge is 2.54. The zero-order valence-corrected chi connectivity index (χ0v) is 11.3. The lowest BCUT2D eigenvalue weighted by Gasteiger charge is -2.21. The van der Waals surface area contributed by atoms with Gasteiger partial charge in [-0.3, -0.25) is 19.4 Å².